The third-order valence-corrected chi connectivity index (χ3v) is 4.30. The van der Waals surface area contributed by atoms with Gasteiger partial charge in [0.05, 0.1) is 15.6 Å². The highest BCUT2D eigenvalue weighted by atomic mass is 32.1. The molecule has 98 valence electrons. The van der Waals surface area contributed by atoms with E-state index in [9.17, 15) is 4.39 Å². The molecule has 0 aliphatic carbocycles. The van der Waals surface area contributed by atoms with Crippen molar-refractivity contribution in [2.45, 2.75) is 6.92 Å². The standard InChI is InChI=1S/C14H14FN3S/c1-9-6-13-16-11(8-18(13)7-10(9)15)12-4-5-14(19-12)17(2)3/h4-8H,1-3H3. The molecule has 0 amide bonds. The molecule has 0 spiro atoms. The lowest BCUT2D eigenvalue weighted by Crippen LogP contribution is -2.05. The van der Waals surface area contributed by atoms with Crippen LogP contribution in [0, 0.1) is 12.7 Å². The van der Waals surface area contributed by atoms with Crippen molar-refractivity contribution in [3.05, 3.63) is 42.0 Å². The molecule has 3 rings (SSSR count). The lowest BCUT2D eigenvalue weighted by atomic mass is 10.3. The van der Waals surface area contributed by atoms with Gasteiger partial charge in [0.25, 0.3) is 0 Å². The zero-order valence-electron chi connectivity index (χ0n) is 11.0. The lowest BCUT2D eigenvalue weighted by Gasteiger charge is -2.06. The molecule has 0 saturated heterocycles. The van der Waals surface area contributed by atoms with Crippen molar-refractivity contribution in [2.75, 3.05) is 19.0 Å². The van der Waals surface area contributed by atoms with Crippen LogP contribution in [0.1, 0.15) is 5.56 Å². The zero-order chi connectivity index (χ0) is 13.6. The van der Waals surface area contributed by atoms with Gasteiger partial charge in [0, 0.05) is 26.5 Å². The van der Waals surface area contributed by atoms with Gasteiger partial charge in [-0.2, -0.15) is 0 Å². The second-order valence-electron chi connectivity index (χ2n) is 4.73. The van der Waals surface area contributed by atoms with E-state index in [4.69, 9.17) is 0 Å². The van der Waals surface area contributed by atoms with Gasteiger partial charge < -0.3 is 9.30 Å². The van der Waals surface area contributed by atoms with E-state index in [2.05, 4.69) is 16.0 Å². The van der Waals surface area contributed by atoms with Crippen molar-refractivity contribution in [3.8, 4) is 10.6 Å². The maximum absolute atomic E-state index is 13.5. The molecule has 0 unspecified atom stereocenters. The number of rotatable bonds is 2. The van der Waals surface area contributed by atoms with E-state index >= 15 is 0 Å². The van der Waals surface area contributed by atoms with E-state index in [0.29, 0.717) is 5.56 Å². The Morgan fingerprint density at radius 1 is 1.26 bits per heavy atom. The summed E-state index contributed by atoms with van der Waals surface area (Å²) in [6, 6.07) is 5.88. The summed E-state index contributed by atoms with van der Waals surface area (Å²) in [5.41, 5.74) is 2.27. The topological polar surface area (TPSA) is 20.5 Å². The minimum atomic E-state index is -0.211. The normalized spacial score (nSPS) is 11.2. The summed E-state index contributed by atoms with van der Waals surface area (Å²) in [5, 5.41) is 1.18. The number of pyridine rings is 1. The van der Waals surface area contributed by atoms with Gasteiger partial charge in [0.15, 0.2) is 0 Å². The Bertz CT molecular complexity index is 703. The lowest BCUT2D eigenvalue weighted by molar-refractivity contribution is 0.610. The smallest absolute Gasteiger partial charge is 0.142 e. The first kappa shape index (κ1) is 12.2. The number of nitrogens with zero attached hydrogens (tertiary/aromatic N) is 3. The van der Waals surface area contributed by atoms with Crippen molar-refractivity contribution in [1.82, 2.24) is 9.38 Å². The summed E-state index contributed by atoms with van der Waals surface area (Å²) < 4.78 is 15.2. The largest absolute Gasteiger partial charge is 0.370 e. The molecule has 0 aliphatic rings. The molecule has 0 aliphatic heterocycles. The molecular formula is C14H14FN3S. The predicted molar refractivity (Wildman–Crippen MR) is 77.5 cm³/mol. The van der Waals surface area contributed by atoms with Crippen molar-refractivity contribution in [2.24, 2.45) is 0 Å². The first-order chi connectivity index (χ1) is 9.04. The van der Waals surface area contributed by atoms with Gasteiger partial charge >= 0.3 is 0 Å². The number of fused-ring (bicyclic) bond motifs is 1. The van der Waals surface area contributed by atoms with Gasteiger partial charge in [-0.1, -0.05) is 0 Å². The van der Waals surface area contributed by atoms with Gasteiger partial charge in [0.1, 0.15) is 11.5 Å². The van der Waals surface area contributed by atoms with Crippen molar-refractivity contribution >= 4 is 22.0 Å². The number of imidazole rings is 1. The number of aromatic nitrogens is 2. The Morgan fingerprint density at radius 2 is 2.05 bits per heavy atom. The summed E-state index contributed by atoms with van der Waals surface area (Å²) in [5.74, 6) is -0.211. The van der Waals surface area contributed by atoms with E-state index in [1.54, 1.807) is 28.7 Å². The molecule has 5 heteroatoms. The first-order valence-corrected chi connectivity index (χ1v) is 6.78. The fourth-order valence-corrected chi connectivity index (χ4v) is 2.81. The van der Waals surface area contributed by atoms with Gasteiger partial charge in [0.2, 0.25) is 0 Å². The summed E-state index contributed by atoms with van der Waals surface area (Å²) in [6.45, 7) is 1.75. The molecule has 0 aromatic carbocycles. The van der Waals surface area contributed by atoms with Crippen molar-refractivity contribution < 1.29 is 4.39 Å². The van der Waals surface area contributed by atoms with Crippen LogP contribution in [0.3, 0.4) is 0 Å². The van der Waals surface area contributed by atoms with Crippen LogP contribution in [0.4, 0.5) is 9.39 Å². The third-order valence-electron chi connectivity index (χ3n) is 3.02. The Hall–Kier alpha value is -1.88. The van der Waals surface area contributed by atoms with Crippen LogP contribution in [-0.2, 0) is 0 Å². The SMILES string of the molecule is Cc1cc2nc(-c3ccc(N(C)C)s3)cn2cc1F. The van der Waals surface area contributed by atoms with E-state index in [1.807, 2.05) is 26.4 Å². The van der Waals surface area contributed by atoms with Gasteiger partial charge in [-0.25, -0.2) is 9.37 Å². The zero-order valence-corrected chi connectivity index (χ0v) is 11.8. The Balaban J connectivity index is 2.09. The Morgan fingerprint density at radius 3 is 2.74 bits per heavy atom. The minimum Gasteiger partial charge on any atom is -0.370 e. The molecule has 3 aromatic rings. The van der Waals surface area contributed by atoms with E-state index in [0.717, 1.165) is 16.2 Å². The number of anilines is 1. The molecule has 0 N–H and O–H groups in total. The van der Waals surface area contributed by atoms with E-state index in [-0.39, 0.29) is 5.82 Å². The van der Waals surface area contributed by atoms with Crippen LogP contribution in [0.15, 0.2) is 30.6 Å². The average molecular weight is 275 g/mol. The fraction of sp³-hybridized carbons (Fsp3) is 0.214. The molecule has 0 bridgehead atoms. The number of hydrogen-bond donors (Lipinski definition) is 0. The number of halogens is 1. The van der Waals surface area contributed by atoms with Gasteiger partial charge in [-0.15, -0.1) is 11.3 Å². The van der Waals surface area contributed by atoms with Crippen LogP contribution >= 0.6 is 11.3 Å². The summed E-state index contributed by atoms with van der Waals surface area (Å²) in [6.07, 6.45) is 3.34. The molecule has 19 heavy (non-hydrogen) atoms. The molecule has 0 atom stereocenters. The number of thiophene rings is 1. The molecular weight excluding hydrogens is 261 g/mol. The quantitative estimate of drug-likeness (QED) is 0.712. The molecule has 0 fully saturated rings. The van der Waals surface area contributed by atoms with Crippen LogP contribution < -0.4 is 4.90 Å². The van der Waals surface area contributed by atoms with E-state index in [1.165, 1.54) is 11.2 Å². The molecule has 0 saturated carbocycles. The van der Waals surface area contributed by atoms with Crippen LogP contribution in [0.2, 0.25) is 0 Å². The first-order valence-electron chi connectivity index (χ1n) is 5.97. The van der Waals surface area contributed by atoms with Crippen LogP contribution in [0.5, 0.6) is 0 Å². The monoisotopic (exact) mass is 275 g/mol. The summed E-state index contributed by atoms with van der Waals surface area (Å²) in [4.78, 5) is 7.70. The van der Waals surface area contributed by atoms with Crippen molar-refractivity contribution in [3.63, 3.8) is 0 Å². The van der Waals surface area contributed by atoms with Gasteiger partial charge in [-0.3, -0.25) is 0 Å². The van der Waals surface area contributed by atoms with Crippen LogP contribution in [-0.4, -0.2) is 23.5 Å². The Kier molecular flexibility index (Phi) is 2.78. The third kappa shape index (κ3) is 2.10. The van der Waals surface area contributed by atoms with Crippen LogP contribution in [0.25, 0.3) is 16.2 Å². The predicted octanol–water partition coefficient (Wildman–Crippen LogP) is 3.58. The highest BCUT2D eigenvalue weighted by Gasteiger charge is 2.10. The minimum absolute atomic E-state index is 0.211. The molecule has 3 aromatic heterocycles. The molecule has 3 heterocycles. The summed E-state index contributed by atoms with van der Waals surface area (Å²) >= 11 is 1.67. The maximum atomic E-state index is 13.5. The van der Waals surface area contributed by atoms with Crippen molar-refractivity contribution in [1.29, 1.82) is 0 Å². The Labute approximate surface area is 114 Å². The highest BCUT2D eigenvalue weighted by Crippen LogP contribution is 2.32. The number of aryl methyl sites for hydroxylation is 1. The summed E-state index contributed by atoms with van der Waals surface area (Å²) in [7, 11) is 4.02. The number of hydrogen-bond acceptors (Lipinski definition) is 3. The van der Waals surface area contributed by atoms with Gasteiger partial charge in [-0.05, 0) is 30.7 Å². The molecule has 0 radical (unpaired) electrons. The molecule has 3 nitrogen and oxygen atoms in total. The maximum Gasteiger partial charge on any atom is 0.142 e. The second kappa shape index (κ2) is 4.35. The highest BCUT2D eigenvalue weighted by molar-refractivity contribution is 7.19. The fourth-order valence-electron chi connectivity index (χ4n) is 1.93. The second-order valence-corrected chi connectivity index (χ2v) is 5.79. The average Bonchev–Trinajstić information content (AvgIpc) is 2.95. The van der Waals surface area contributed by atoms with E-state index < -0.39 is 0 Å².